The van der Waals surface area contributed by atoms with Crippen LogP contribution in [0.4, 0.5) is 0 Å². The highest BCUT2D eigenvalue weighted by molar-refractivity contribution is 5.85. The number of aliphatic hydroxyl groups is 3. The third-order valence-electron chi connectivity index (χ3n) is 2.44. The maximum absolute atomic E-state index is 11.5. The van der Waals surface area contributed by atoms with E-state index in [1.54, 1.807) is 6.92 Å². The summed E-state index contributed by atoms with van der Waals surface area (Å²) in [5.41, 5.74) is -1.00. The summed E-state index contributed by atoms with van der Waals surface area (Å²) in [4.78, 5) is 11.5. The second-order valence-corrected chi connectivity index (χ2v) is 3.20. The molecule has 0 aliphatic heterocycles. The highest BCUT2D eigenvalue weighted by atomic mass is 16.3. The number of carbonyl (C=O) groups is 1. The van der Waals surface area contributed by atoms with Crippen molar-refractivity contribution in [1.29, 1.82) is 0 Å². The van der Waals surface area contributed by atoms with E-state index in [4.69, 9.17) is 15.3 Å². The zero-order chi connectivity index (χ0) is 10.3. The number of hydrogen-bond acceptors (Lipinski definition) is 4. The fraction of sp³-hybridized carbons (Fsp3) is 0.889. The first-order chi connectivity index (χ1) is 6.16. The smallest absolute Gasteiger partial charge is 0.143 e. The van der Waals surface area contributed by atoms with Crippen molar-refractivity contribution in [2.45, 2.75) is 26.2 Å². The molecule has 0 amide bonds. The Labute approximate surface area is 78.2 Å². The zero-order valence-corrected chi connectivity index (χ0v) is 7.99. The monoisotopic (exact) mass is 190 g/mol. The van der Waals surface area contributed by atoms with Gasteiger partial charge in [-0.2, -0.15) is 0 Å². The molecule has 0 saturated carbocycles. The zero-order valence-electron chi connectivity index (χ0n) is 7.99. The van der Waals surface area contributed by atoms with E-state index >= 15 is 0 Å². The molecule has 0 radical (unpaired) electrons. The molecule has 0 fully saturated rings. The van der Waals surface area contributed by atoms with Crippen molar-refractivity contribution in [2.24, 2.45) is 5.41 Å². The van der Waals surface area contributed by atoms with Gasteiger partial charge in [0.05, 0.1) is 18.6 Å². The van der Waals surface area contributed by atoms with Crippen LogP contribution in [0.3, 0.4) is 0 Å². The molecular formula is C9H18O4. The predicted molar refractivity (Wildman–Crippen MR) is 48.2 cm³/mol. The van der Waals surface area contributed by atoms with E-state index in [1.807, 2.05) is 0 Å². The molecule has 4 nitrogen and oxygen atoms in total. The van der Waals surface area contributed by atoms with Gasteiger partial charge in [0, 0.05) is 13.0 Å². The molecule has 13 heavy (non-hydrogen) atoms. The molecule has 0 heterocycles. The van der Waals surface area contributed by atoms with Gasteiger partial charge >= 0.3 is 0 Å². The first-order valence-electron chi connectivity index (χ1n) is 4.52. The van der Waals surface area contributed by atoms with Crippen LogP contribution in [0, 0.1) is 5.41 Å². The van der Waals surface area contributed by atoms with Crippen LogP contribution in [-0.2, 0) is 4.79 Å². The van der Waals surface area contributed by atoms with Crippen LogP contribution in [0.15, 0.2) is 0 Å². The molecule has 0 bridgehead atoms. The first-order valence-corrected chi connectivity index (χ1v) is 4.52. The molecule has 78 valence electrons. The van der Waals surface area contributed by atoms with Crippen LogP contribution in [-0.4, -0.2) is 40.9 Å². The van der Waals surface area contributed by atoms with E-state index in [-0.39, 0.29) is 32.0 Å². The lowest BCUT2D eigenvalue weighted by atomic mass is 9.80. The number of ketones is 1. The van der Waals surface area contributed by atoms with Crippen LogP contribution in [0.2, 0.25) is 0 Å². The molecule has 0 unspecified atom stereocenters. The van der Waals surface area contributed by atoms with Gasteiger partial charge in [0.25, 0.3) is 0 Å². The summed E-state index contributed by atoms with van der Waals surface area (Å²) in [6, 6.07) is 0. The van der Waals surface area contributed by atoms with Crippen LogP contribution in [0.5, 0.6) is 0 Å². The van der Waals surface area contributed by atoms with E-state index in [9.17, 15) is 4.79 Å². The van der Waals surface area contributed by atoms with Gasteiger partial charge in [-0.1, -0.05) is 6.92 Å². The average molecular weight is 190 g/mol. The van der Waals surface area contributed by atoms with Gasteiger partial charge in [0.1, 0.15) is 5.78 Å². The van der Waals surface area contributed by atoms with Gasteiger partial charge in [-0.3, -0.25) is 4.79 Å². The van der Waals surface area contributed by atoms with Crippen molar-refractivity contribution < 1.29 is 20.1 Å². The van der Waals surface area contributed by atoms with E-state index < -0.39 is 5.41 Å². The normalized spacial score (nSPS) is 11.7. The third-order valence-corrected chi connectivity index (χ3v) is 2.44. The van der Waals surface area contributed by atoms with Gasteiger partial charge < -0.3 is 15.3 Å². The largest absolute Gasteiger partial charge is 0.396 e. The Hall–Kier alpha value is -0.450. The Balaban J connectivity index is 4.26. The van der Waals surface area contributed by atoms with Crippen LogP contribution >= 0.6 is 0 Å². The molecule has 4 heteroatoms. The van der Waals surface area contributed by atoms with Crippen molar-refractivity contribution >= 4 is 5.78 Å². The van der Waals surface area contributed by atoms with Gasteiger partial charge in [-0.15, -0.1) is 0 Å². The van der Waals surface area contributed by atoms with Gasteiger partial charge in [0.2, 0.25) is 0 Å². The van der Waals surface area contributed by atoms with Crippen molar-refractivity contribution in [3.8, 4) is 0 Å². The number of Topliss-reactive ketones (excluding diaryl/α,β-unsaturated/α-hetero) is 1. The fourth-order valence-corrected chi connectivity index (χ4v) is 1.15. The van der Waals surface area contributed by atoms with Crippen LogP contribution in [0.25, 0.3) is 0 Å². The highest BCUT2D eigenvalue weighted by Crippen LogP contribution is 2.23. The predicted octanol–water partition coefficient (Wildman–Crippen LogP) is -0.291. The standard InChI is InChI=1S/C9H18O4/c1-2-9(6-11,7-12)8(13)4-3-5-10/h10-12H,2-7H2,1H3. The molecule has 0 atom stereocenters. The SMILES string of the molecule is CCC(CO)(CO)C(=O)CCCO. The lowest BCUT2D eigenvalue weighted by Crippen LogP contribution is -2.38. The van der Waals surface area contributed by atoms with Gasteiger partial charge in [-0.25, -0.2) is 0 Å². The number of rotatable bonds is 7. The fourth-order valence-electron chi connectivity index (χ4n) is 1.15. The Morgan fingerprint density at radius 2 is 1.77 bits per heavy atom. The minimum absolute atomic E-state index is 0.0393. The number of hydrogen-bond donors (Lipinski definition) is 3. The summed E-state index contributed by atoms with van der Waals surface area (Å²) < 4.78 is 0. The molecule has 0 spiro atoms. The summed E-state index contributed by atoms with van der Waals surface area (Å²) in [5, 5.41) is 26.5. The summed E-state index contributed by atoms with van der Waals surface area (Å²) >= 11 is 0. The molecular weight excluding hydrogens is 172 g/mol. The molecule has 0 rings (SSSR count). The molecule has 0 aromatic heterocycles. The van der Waals surface area contributed by atoms with E-state index in [1.165, 1.54) is 0 Å². The van der Waals surface area contributed by atoms with Crippen molar-refractivity contribution in [2.75, 3.05) is 19.8 Å². The minimum Gasteiger partial charge on any atom is -0.396 e. The molecule has 0 aliphatic carbocycles. The number of aliphatic hydroxyl groups excluding tert-OH is 3. The molecule has 0 aromatic rings. The molecule has 3 N–H and O–H groups in total. The van der Waals surface area contributed by atoms with Gasteiger partial charge in [0.15, 0.2) is 0 Å². The Morgan fingerprint density at radius 1 is 1.23 bits per heavy atom. The highest BCUT2D eigenvalue weighted by Gasteiger charge is 2.34. The van der Waals surface area contributed by atoms with E-state index in [0.29, 0.717) is 12.8 Å². The number of carbonyl (C=O) groups excluding carboxylic acids is 1. The Bertz CT molecular complexity index is 143. The van der Waals surface area contributed by atoms with Crippen molar-refractivity contribution in [1.82, 2.24) is 0 Å². The van der Waals surface area contributed by atoms with E-state index in [0.717, 1.165) is 0 Å². The lowest BCUT2D eigenvalue weighted by molar-refractivity contribution is -0.134. The van der Waals surface area contributed by atoms with Crippen LogP contribution < -0.4 is 0 Å². The summed E-state index contributed by atoms with van der Waals surface area (Å²) in [6.45, 7) is 1.06. The second kappa shape index (κ2) is 6.07. The third kappa shape index (κ3) is 3.06. The Morgan fingerprint density at radius 3 is 2.08 bits per heavy atom. The maximum atomic E-state index is 11.5. The van der Waals surface area contributed by atoms with Crippen LogP contribution in [0.1, 0.15) is 26.2 Å². The molecule has 0 aliphatic rings. The summed E-state index contributed by atoms with van der Waals surface area (Å²) in [5.74, 6) is -0.172. The van der Waals surface area contributed by atoms with Gasteiger partial charge in [-0.05, 0) is 12.8 Å². The quantitative estimate of drug-likeness (QED) is 0.515. The van der Waals surface area contributed by atoms with E-state index in [2.05, 4.69) is 0 Å². The van der Waals surface area contributed by atoms with Crippen molar-refractivity contribution in [3.05, 3.63) is 0 Å². The van der Waals surface area contributed by atoms with Crippen molar-refractivity contribution in [3.63, 3.8) is 0 Å². The topological polar surface area (TPSA) is 77.8 Å². The minimum atomic E-state index is -1.00. The lowest BCUT2D eigenvalue weighted by Gasteiger charge is -2.26. The summed E-state index contributed by atoms with van der Waals surface area (Å²) in [6.07, 6.45) is 1.02. The first kappa shape index (κ1) is 12.6. The molecule has 0 saturated heterocycles. The second-order valence-electron chi connectivity index (χ2n) is 3.20. The summed E-state index contributed by atoms with van der Waals surface area (Å²) in [7, 11) is 0. The maximum Gasteiger partial charge on any atom is 0.143 e. The average Bonchev–Trinajstić information content (AvgIpc) is 2.18. The Kier molecular flexibility index (Phi) is 5.86. The molecule has 0 aromatic carbocycles.